The van der Waals surface area contributed by atoms with Gasteiger partial charge < -0.3 is 5.43 Å². The molecular formula is C15H13FN2. The van der Waals surface area contributed by atoms with E-state index in [9.17, 15) is 4.39 Å². The Morgan fingerprint density at radius 3 is 2.61 bits per heavy atom. The average molecular weight is 240 g/mol. The Kier molecular flexibility index (Phi) is 3.95. The van der Waals surface area contributed by atoms with Crippen LogP contribution in [-0.2, 0) is 6.54 Å². The van der Waals surface area contributed by atoms with Crippen LogP contribution in [0.25, 0.3) is 0 Å². The zero-order chi connectivity index (χ0) is 12.8. The molecule has 0 aliphatic heterocycles. The number of hydrogen-bond donors (Lipinski definition) is 2. The van der Waals surface area contributed by atoms with Gasteiger partial charge in [0.1, 0.15) is 5.82 Å². The highest BCUT2D eigenvalue weighted by Crippen LogP contribution is 2.09. The maximum atomic E-state index is 13.2. The van der Waals surface area contributed by atoms with Gasteiger partial charge in [-0.15, -0.1) is 6.42 Å². The Morgan fingerprint density at radius 1 is 1.11 bits per heavy atom. The lowest BCUT2D eigenvalue weighted by Crippen LogP contribution is -2.20. The van der Waals surface area contributed by atoms with Crippen molar-refractivity contribution in [2.24, 2.45) is 0 Å². The van der Waals surface area contributed by atoms with Gasteiger partial charge in [0.2, 0.25) is 0 Å². The van der Waals surface area contributed by atoms with Crippen LogP contribution in [0.3, 0.4) is 0 Å². The zero-order valence-corrected chi connectivity index (χ0v) is 9.78. The number of rotatable bonds is 4. The quantitative estimate of drug-likeness (QED) is 0.634. The van der Waals surface area contributed by atoms with Crippen molar-refractivity contribution in [3.63, 3.8) is 0 Å². The van der Waals surface area contributed by atoms with Crippen LogP contribution < -0.4 is 10.9 Å². The number of para-hydroxylation sites is 1. The van der Waals surface area contributed by atoms with E-state index >= 15 is 0 Å². The third-order valence-electron chi connectivity index (χ3n) is 2.49. The monoisotopic (exact) mass is 240 g/mol. The first-order chi connectivity index (χ1) is 8.79. The van der Waals surface area contributed by atoms with Crippen LogP contribution in [0.15, 0.2) is 48.5 Å². The molecule has 0 saturated carbocycles. The van der Waals surface area contributed by atoms with Crippen molar-refractivity contribution in [1.29, 1.82) is 0 Å². The van der Waals surface area contributed by atoms with E-state index < -0.39 is 0 Å². The minimum absolute atomic E-state index is 0.286. The summed E-state index contributed by atoms with van der Waals surface area (Å²) in [5.41, 5.74) is 8.28. The second-order valence-electron chi connectivity index (χ2n) is 3.80. The molecule has 0 radical (unpaired) electrons. The molecule has 0 aromatic heterocycles. The van der Waals surface area contributed by atoms with Crippen LogP contribution >= 0.6 is 0 Å². The standard InChI is InChI=1S/C15H13FN2/c1-2-13-10-12(8-9-15(13)16)11-17-18-14-6-4-3-5-7-14/h1,3-10,17-18H,11H2. The van der Waals surface area contributed by atoms with E-state index in [4.69, 9.17) is 6.42 Å². The van der Waals surface area contributed by atoms with Gasteiger partial charge in [-0.1, -0.05) is 30.2 Å². The molecule has 0 fully saturated rings. The van der Waals surface area contributed by atoms with E-state index in [1.165, 1.54) is 6.07 Å². The van der Waals surface area contributed by atoms with Crippen LogP contribution in [0, 0.1) is 18.2 Å². The van der Waals surface area contributed by atoms with Crippen LogP contribution in [0.5, 0.6) is 0 Å². The van der Waals surface area contributed by atoms with Crippen molar-refractivity contribution in [3.05, 3.63) is 65.5 Å². The molecule has 3 heteroatoms. The van der Waals surface area contributed by atoms with Crippen molar-refractivity contribution in [3.8, 4) is 12.3 Å². The topological polar surface area (TPSA) is 24.1 Å². The Hall–Kier alpha value is -2.31. The van der Waals surface area contributed by atoms with Gasteiger partial charge in [-0.2, -0.15) is 0 Å². The molecule has 0 heterocycles. The smallest absolute Gasteiger partial charge is 0.138 e. The van der Waals surface area contributed by atoms with Crippen LogP contribution in [0.4, 0.5) is 10.1 Å². The molecule has 0 aliphatic rings. The van der Waals surface area contributed by atoms with E-state index in [-0.39, 0.29) is 11.4 Å². The number of hydrogen-bond acceptors (Lipinski definition) is 2. The summed E-state index contributed by atoms with van der Waals surface area (Å²) >= 11 is 0. The number of benzene rings is 2. The molecule has 2 N–H and O–H groups in total. The molecule has 0 atom stereocenters. The molecule has 0 saturated heterocycles. The van der Waals surface area contributed by atoms with Gasteiger partial charge in [0.15, 0.2) is 0 Å². The van der Waals surface area contributed by atoms with Crippen molar-refractivity contribution >= 4 is 5.69 Å². The van der Waals surface area contributed by atoms with Crippen LogP contribution in [-0.4, -0.2) is 0 Å². The van der Waals surface area contributed by atoms with Gasteiger partial charge in [-0.25, -0.2) is 9.82 Å². The molecule has 0 amide bonds. The molecule has 2 aromatic carbocycles. The number of terminal acetylenes is 1. The highest BCUT2D eigenvalue weighted by atomic mass is 19.1. The second kappa shape index (κ2) is 5.85. The highest BCUT2D eigenvalue weighted by molar-refractivity contribution is 5.41. The van der Waals surface area contributed by atoms with Gasteiger partial charge in [-0.05, 0) is 29.8 Å². The number of anilines is 1. The number of halogens is 1. The fourth-order valence-corrected chi connectivity index (χ4v) is 1.56. The van der Waals surface area contributed by atoms with Crippen LogP contribution in [0.1, 0.15) is 11.1 Å². The highest BCUT2D eigenvalue weighted by Gasteiger charge is 2.00. The molecule has 2 rings (SSSR count). The maximum absolute atomic E-state index is 13.2. The average Bonchev–Trinajstić information content (AvgIpc) is 2.42. The van der Waals surface area contributed by atoms with Gasteiger partial charge >= 0.3 is 0 Å². The van der Waals surface area contributed by atoms with Crippen molar-refractivity contribution < 1.29 is 4.39 Å². The minimum atomic E-state index is -0.364. The summed E-state index contributed by atoms with van der Waals surface area (Å²) in [5, 5.41) is 0. The number of nitrogens with one attached hydrogen (secondary N) is 2. The van der Waals surface area contributed by atoms with Gasteiger partial charge in [-0.3, -0.25) is 0 Å². The zero-order valence-electron chi connectivity index (χ0n) is 9.78. The van der Waals surface area contributed by atoms with E-state index in [2.05, 4.69) is 16.8 Å². The molecule has 0 aliphatic carbocycles. The minimum Gasteiger partial charge on any atom is -0.321 e. The maximum Gasteiger partial charge on any atom is 0.138 e. The van der Waals surface area contributed by atoms with Crippen molar-refractivity contribution in [2.75, 3.05) is 5.43 Å². The first kappa shape index (κ1) is 12.2. The van der Waals surface area contributed by atoms with E-state index in [1.54, 1.807) is 12.1 Å². The van der Waals surface area contributed by atoms with Crippen molar-refractivity contribution in [2.45, 2.75) is 6.54 Å². The Bertz CT molecular complexity index is 558. The molecular weight excluding hydrogens is 227 g/mol. The second-order valence-corrected chi connectivity index (χ2v) is 3.80. The lowest BCUT2D eigenvalue weighted by atomic mass is 10.1. The molecule has 0 bridgehead atoms. The molecule has 18 heavy (non-hydrogen) atoms. The fraction of sp³-hybridized carbons (Fsp3) is 0.0667. The molecule has 90 valence electrons. The van der Waals surface area contributed by atoms with E-state index in [1.807, 2.05) is 30.3 Å². The normalized spacial score (nSPS) is 9.78. The Balaban J connectivity index is 1.93. The molecule has 2 aromatic rings. The third kappa shape index (κ3) is 3.09. The van der Waals surface area contributed by atoms with Crippen molar-refractivity contribution in [1.82, 2.24) is 5.43 Å². The van der Waals surface area contributed by atoms with Gasteiger partial charge in [0.05, 0.1) is 5.56 Å². The molecule has 0 unspecified atom stereocenters. The first-order valence-corrected chi connectivity index (χ1v) is 5.58. The largest absolute Gasteiger partial charge is 0.321 e. The summed E-state index contributed by atoms with van der Waals surface area (Å²) in [5.74, 6) is 1.96. The third-order valence-corrected chi connectivity index (χ3v) is 2.49. The lowest BCUT2D eigenvalue weighted by Gasteiger charge is -2.08. The summed E-state index contributed by atoms with van der Waals surface area (Å²) < 4.78 is 13.2. The summed E-state index contributed by atoms with van der Waals surface area (Å²) in [6.07, 6.45) is 5.21. The summed E-state index contributed by atoms with van der Waals surface area (Å²) in [4.78, 5) is 0. The predicted octanol–water partition coefficient (Wildman–Crippen LogP) is 2.92. The molecule has 2 nitrogen and oxygen atoms in total. The van der Waals surface area contributed by atoms with Gasteiger partial charge in [0.25, 0.3) is 0 Å². The molecule has 0 spiro atoms. The van der Waals surface area contributed by atoms with Crippen LogP contribution in [0.2, 0.25) is 0 Å². The van der Waals surface area contributed by atoms with E-state index in [0.29, 0.717) is 6.54 Å². The summed E-state index contributed by atoms with van der Waals surface area (Å²) in [6, 6.07) is 14.5. The number of hydrazine groups is 1. The van der Waals surface area contributed by atoms with Gasteiger partial charge in [0, 0.05) is 12.2 Å². The summed E-state index contributed by atoms with van der Waals surface area (Å²) in [7, 11) is 0. The first-order valence-electron chi connectivity index (χ1n) is 5.58. The Labute approximate surface area is 106 Å². The SMILES string of the molecule is C#Cc1cc(CNNc2ccccc2)ccc1F. The van der Waals surface area contributed by atoms with E-state index in [0.717, 1.165) is 11.3 Å². The Morgan fingerprint density at radius 2 is 1.89 bits per heavy atom. The predicted molar refractivity (Wildman–Crippen MR) is 71.2 cm³/mol. The fourth-order valence-electron chi connectivity index (χ4n) is 1.56. The summed E-state index contributed by atoms with van der Waals surface area (Å²) in [6.45, 7) is 0.559. The lowest BCUT2D eigenvalue weighted by molar-refractivity contribution is 0.623.